The van der Waals surface area contributed by atoms with E-state index in [1.54, 1.807) is 6.07 Å². The molecule has 8 heteroatoms. The highest BCUT2D eigenvalue weighted by molar-refractivity contribution is 6.16. The summed E-state index contributed by atoms with van der Waals surface area (Å²) in [7, 11) is 0. The first-order valence-corrected chi connectivity index (χ1v) is 6.16. The molecule has 1 N–H and O–H groups in total. The Morgan fingerprint density at radius 1 is 1.40 bits per heavy atom. The Labute approximate surface area is 118 Å². The molecule has 0 atom stereocenters. The van der Waals surface area contributed by atoms with Gasteiger partial charge in [-0.2, -0.15) is 0 Å². The number of halogens is 1. The molecular weight excluding hydrogens is 286 g/mol. The molecule has 104 valence electrons. The molecule has 7 nitrogen and oxygen atoms in total. The lowest BCUT2D eigenvalue weighted by Crippen LogP contribution is -2.22. The van der Waals surface area contributed by atoms with Gasteiger partial charge in [-0.15, -0.1) is 11.6 Å². The van der Waals surface area contributed by atoms with Gasteiger partial charge < -0.3 is 9.84 Å². The number of carbonyl (C=O) groups excluding carboxylic acids is 1. The molecule has 0 spiro atoms. The molecule has 1 heterocycles. The van der Waals surface area contributed by atoms with Gasteiger partial charge in [0.05, 0.1) is 23.0 Å². The number of benzene rings is 1. The van der Waals surface area contributed by atoms with Crippen LogP contribution in [0.4, 0.5) is 5.69 Å². The van der Waals surface area contributed by atoms with Crippen LogP contribution in [0.15, 0.2) is 34.9 Å². The number of nitrogens with one attached hydrogen (secondary N) is 1. The monoisotopic (exact) mass is 295 g/mol. The van der Waals surface area contributed by atoms with Gasteiger partial charge in [0.25, 0.3) is 11.6 Å². The third-order valence-electron chi connectivity index (χ3n) is 2.51. The van der Waals surface area contributed by atoms with E-state index in [9.17, 15) is 14.9 Å². The van der Waals surface area contributed by atoms with Crippen LogP contribution in [0.5, 0.6) is 0 Å². The highest BCUT2D eigenvalue weighted by atomic mass is 35.5. The summed E-state index contributed by atoms with van der Waals surface area (Å²) in [6, 6.07) is 6.96. The summed E-state index contributed by atoms with van der Waals surface area (Å²) in [5.41, 5.74) is 0.850. The second-order valence-corrected chi connectivity index (χ2v) is 4.17. The topological polar surface area (TPSA) is 98.3 Å². The SMILES string of the molecule is O=C(NCc1cc(CCl)no1)c1ccc([N+](=O)[O-])cc1. The zero-order chi connectivity index (χ0) is 14.5. The number of non-ortho nitro benzene ring substituents is 1. The van der Waals surface area contributed by atoms with Gasteiger partial charge >= 0.3 is 0 Å². The molecule has 0 saturated carbocycles. The first kappa shape index (κ1) is 14.0. The summed E-state index contributed by atoms with van der Waals surface area (Å²) >= 11 is 5.57. The van der Waals surface area contributed by atoms with Crippen LogP contribution in [0.2, 0.25) is 0 Å². The first-order chi connectivity index (χ1) is 9.60. The van der Waals surface area contributed by atoms with Crippen LogP contribution in [0.25, 0.3) is 0 Å². The predicted octanol–water partition coefficient (Wildman–Crippen LogP) is 2.25. The van der Waals surface area contributed by atoms with Crippen molar-refractivity contribution in [3.8, 4) is 0 Å². The molecule has 1 amide bonds. The average Bonchev–Trinajstić information content (AvgIpc) is 2.93. The van der Waals surface area contributed by atoms with Gasteiger partial charge in [-0.05, 0) is 12.1 Å². The molecule has 0 bridgehead atoms. The number of rotatable bonds is 5. The van der Waals surface area contributed by atoms with Gasteiger partial charge in [-0.1, -0.05) is 5.16 Å². The molecule has 1 aromatic heterocycles. The Morgan fingerprint density at radius 2 is 2.10 bits per heavy atom. The second-order valence-electron chi connectivity index (χ2n) is 3.90. The lowest BCUT2D eigenvalue weighted by Gasteiger charge is -2.02. The minimum Gasteiger partial charge on any atom is -0.359 e. The minimum absolute atomic E-state index is 0.0662. The van der Waals surface area contributed by atoms with Crippen molar-refractivity contribution in [2.75, 3.05) is 0 Å². The fraction of sp³-hybridized carbons (Fsp3) is 0.167. The van der Waals surface area contributed by atoms with Crippen molar-refractivity contribution in [3.63, 3.8) is 0 Å². The Kier molecular flexibility index (Phi) is 4.31. The van der Waals surface area contributed by atoms with E-state index in [1.165, 1.54) is 24.3 Å². The quantitative estimate of drug-likeness (QED) is 0.518. The fourth-order valence-electron chi connectivity index (χ4n) is 1.51. The van der Waals surface area contributed by atoms with Crippen LogP contribution in [-0.4, -0.2) is 16.0 Å². The molecule has 1 aromatic carbocycles. The average molecular weight is 296 g/mol. The molecule has 0 unspecified atom stereocenters. The molecule has 0 aliphatic heterocycles. The number of aromatic nitrogens is 1. The number of hydrogen-bond acceptors (Lipinski definition) is 5. The molecule has 0 saturated heterocycles. The lowest BCUT2D eigenvalue weighted by molar-refractivity contribution is -0.384. The largest absolute Gasteiger partial charge is 0.359 e. The zero-order valence-corrected chi connectivity index (χ0v) is 11.0. The molecule has 0 fully saturated rings. The van der Waals surface area contributed by atoms with E-state index in [1.807, 2.05) is 0 Å². The van der Waals surface area contributed by atoms with Gasteiger partial charge in [0.2, 0.25) is 0 Å². The highest BCUT2D eigenvalue weighted by Gasteiger charge is 2.10. The van der Waals surface area contributed by atoms with E-state index >= 15 is 0 Å². The summed E-state index contributed by atoms with van der Waals surface area (Å²) in [5.74, 6) is 0.361. The van der Waals surface area contributed by atoms with Gasteiger partial charge in [-0.3, -0.25) is 14.9 Å². The predicted molar refractivity (Wildman–Crippen MR) is 70.3 cm³/mol. The van der Waals surface area contributed by atoms with Gasteiger partial charge in [0.1, 0.15) is 0 Å². The molecule has 20 heavy (non-hydrogen) atoms. The highest BCUT2D eigenvalue weighted by Crippen LogP contribution is 2.12. The first-order valence-electron chi connectivity index (χ1n) is 5.63. The maximum Gasteiger partial charge on any atom is 0.269 e. The summed E-state index contributed by atoms with van der Waals surface area (Å²) in [4.78, 5) is 21.8. The van der Waals surface area contributed by atoms with E-state index in [4.69, 9.17) is 16.1 Å². The van der Waals surface area contributed by atoms with E-state index in [-0.39, 0.29) is 24.0 Å². The van der Waals surface area contributed by atoms with Gasteiger partial charge in [0.15, 0.2) is 5.76 Å². The van der Waals surface area contributed by atoms with Crippen molar-refractivity contribution in [1.29, 1.82) is 0 Å². The lowest BCUT2D eigenvalue weighted by atomic mass is 10.2. The van der Waals surface area contributed by atoms with Crippen LogP contribution in [0, 0.1) is 10.1 Å². The Balaban J connectivity index is 1.96. The molecule has 2 rings (SSSR count). The van der Waals surface area contributed by atoms with Crippen LogP contribution in [0.1, 0.15) is 21.8 Å². The number of alkyl halides is 1. The third-order valence-corrected chi connectivity index (χ3v) is 2.78. The zero-order valence-electron chi connectivity index (χ0n) is 10.2. The maximum atomic E-state index is 11.8. The Hall–Kier alpha value is -2.41. The number of amides is 1. The maximum absolute atomic E-state index is 11.8. The van der Waals surface area contributed by atoms with Crippen LogP contribution >= 0.6 is 11.6 Å². The van der Waals surface area contributed by atoms with Gasteiger partial charge in [-0.25, -0.2) is 0 Å². The third kappa shape index (κ3) is 3.33. The summed E-state index contributed by atoms with van der Waals surface area (Å²) in [6.45, 7) is 0.166. The molecular formula is C12H10ClN3O4. The molecule has 0 aliphatic carbocycles. The van der Waals surface area contributed by atoms with Crippen molar-refractivity contribution in [1.82, 2.24) is 10.5 Å². The number of nitro benzene ring substituents is 1. The van der Waals surface area contributed by atoms with Crippen LogP contribution in [-0.2, 0) is 12.4 Å². The van der Waals surface area contributed by atoms with Crippen molar-refractivity contribution in [2.45, 2.75) is 12.4 Å². The standard InChI is InChI=1S/C12H10ClN3O4/c13-6-9-5-11(20-15-9)7-14-12(17)8-1-3-10(4-2-8)16(18)19/h1-5H,6-7H2,(H,14,17). The van der Waals surface area contributed by atoms with Crippen molar-refractivity contribution in [2.24, 2.45) is 0 Å². The van der Waals surface area contributed by atoms with E-state index in [0.29, 0.717) is 17.0 Å². The second kappa shape index (κ2) is 6.16. The minimum atomic E-state index is -0.524. The Bertz CT molecular complexity index is 624. The van der Waals surface area contributed by atoms with Crippen molar-refractivity contribution in [3.05, 3.63) is 57.5 Å². The van der Waals surface area contributed by atoms with Crippen molar-refractivity contribution >= 4 is 23.2 Å². The van der Waals surface area contributed by atoms with Crippen LogP contribution in [0.3, 0.4) is 0 Å². The Morgan fingerprint density at radius 3 is 2.65 bits per heavy atom. The number of carbonyl (C=O) groups is 1. The van der Waals surface area contributed by atoms with E-state index in [2.05, 4.69) is 10.5 Å². The number of nitro groups is 1. The van der Waals surface area contributed by atoms with Gasteiger partial charge in [0, 0.05) is 23.8 Å². The smallest absolute Gasteiger partial charge is 0.269 e. The molecule has 0 radical (unpaired) electrons. The molecule has 2 aromatic rings. The van der Waals surface area contributed by atoms with E-state index < -0.39 is 4.92 Å². The fourth-order valence-corrected chi connectivity index (χ4v) is 1.63. The number of hydrogen-bond donors (Lipinski definition) is 1. The molecule has 0 aliphatic rings. The summed E-state index contributed by atoms with van der Waals surface area (Å²) in [6.07, 6.45) is 0. The van der Waals surface area contributed by atoms with Crippen LogP contribution < -0.4 is 5.32 Å². The summed E-state index contributed by atoms with van der Waals surface area (Å²) < 4.78 is 4.95. The number of nitrogens with zero attached hydrogens (tertiary/aromatic N) is 2. The normalized spacial score (nSPS) is 10.2. The summed E-state index contributed by atoms with van der Waals surface area (Å²) in [5, 5.41) is 16.8. The van der Waals surface area contributed by atoms with E-state index in [0.717, 1.165) is 0 Å². The van der Waals surface area contributed by atoms with Crippen molar-refractivity contribution < 1.29 is 14.2 Å².